The van der Waals surface area contributed by atoms with Gasteiger partial charge in [-0.25, -0.2) is 10.6 Å². The van der Waals surface area contributed by atoms with Crippen molar-refractivity contribution in [1.82, 2.24) is 10.7 Å². The number of carbonyl (C=O) groups excluding carboxylic acids is 2. The van der Waals surface area contributed by atoms with Gasteiger partial charge in [-0.05, 0) is 42.0 Å². The van der Waals surface area contributed by atoms with Crippen LogP contribution in [0, 0.1) is 5.41 Å². The minimum absolute atomic E-state index is 0.232. The molecule has 0 spiro atoms. The number of aromatic carboxylic acids is 1. The van der Waals surface area contributed by atoms with E-state index in [1.165, 1.54) is 6.07 Å². The van der Waals surface area contributed by atoms with Crippen molar-refractivity contribution in [1.29, 1.82) is 5.41 Å². The average molecular weight is 700 g/mol. The first-order chi connectivity index (χ1) is 21.4. The number of carboxylic acids is 1. The normalized spacial score (nSPS) is 13.3. The highest BCUT2D eigenvalue weighted by Gasteiger charge is 2.32. The quantitative estimate of drug-likeness (QED) is 0.0199. The highest BCUT2D eigenvalue weighted by molar-refractivity contribution is 7.86. The topological polar surface area (TPSA) is 340 Å². The predicted octanol–water partition coefficient (Wildman–Crippen LogP) is -0.0552. The lowest BCUT2D eigenvalue weighted by Crippen LogP contribution is -2.51. The summed E-state index contributed by atoms with van der Waals surface area (Å²) in [5.74, 6) is 0.505. The summed E-state index contributed by atoms with van der Waals surface area (Å²) in [6.07, 6.45) is 0. The molecule has 0 radical (unpaired) electrons. The zero-order valence-electron chi connectivity index (χ0n) is 22.7. The van der Waals surface area contributed by atoms with E-state index in [0.717, 1.165) is 36.4 Å². The number of anilines is 1. The van der Waals surface area contributed by atoms with E-state index in [9.17, 15) is 50.0 Å². The Kier molecular flexibility index (Phi) is 9.34. The molecule has 19 nitrogen and oxygen atoms in total. The molecule has 2 amide bonds. The molecule has 0 saturated carbocycles. The number of benzene rings is 3. The molecule has 244 valence electrons. The van der Waals surface area contributed by atoms with Crippen LogP contribution < -0.4 is 27.7 Å². The number of rotatable bonds is 10. The molecule has 2 aromatic carbocycles. The van der Waals surface area contributed by atoms with Crippen LogP contribution in [-0.2, 0) is 34.1 Å². The molecule has 1 aliphatic heterocycles. The average Bonchev–Trinajstić information content (AvgIpc) is 2.95. The number of hydrazine groups is 1. The number of carboxylic acid groups (broad SMARTS) is 1. The lowest BCUT2D eigenvalue weighted by molar-refractivity contribution is -0.123. The number of nitrogens with one attached hydrogen (secondary N) is 3. The van der Waals surface area contributed by atoms with Crippen molar-refractivity contribution in [2.75, 3.05) is 12.3 Å². The summed E-state index contributed by atoms with van der Waals surface area (Å²) in [5.41, 5.74) is 4.39. The van der Waals surface area contributed by atoms with E-state index in [-0.39, 0.29) is 27.6 Å². The van der Waals surface area contributed by atoms with Gasteiger partial charge in [0.05, 0.1) is 23.2 Å². The smallest absolute Gasteiger partial charge is 0.336 e. The van der Waals surface area contributed by atoms with Gasteiger partial charge in [0.2, 0.25) is 0 Å². The lowest BCUT2D eigenvalue weighted by atomic mass is 9.89. The third kappa shape index (κ3) is 6.61. The Hall–Kier alpha value is -4.73. The molecule has 0 fully saturated rings. The number of fused-ring (bicyclic) bond motifs is 2. The van der Waals surface area contributed by atoms with Crippen LogP contribution in [0.15, 0.2) is 56.7 Å². The highest BCUT2D eigenvalue weighted by atomic mass is 32.2. The number of hydrogen-bond donors (Lipinski definition) is 9. The van der Waals surface area contributed by atoms with E-state index >= 15 is 0 Å². The van der Waals surface area contributed by atoms with Crippen LogP contribution in [0.1, 0.15) is 20.7 Å². The van der Waals surface area contributed by atoms with E-state index in [1.54, 1.807) is 5.43 Å². The summed E-state index contributed by atoms with van der Waals surface area (Å²) < 4.78 is 90.1. The second kappa shape index (κ2) is 12.6. The summed E-state index contributed by atoms with van der Waals surface area (Å²) in [7, 11) is -14.0. The van der Waals surface area contributed by atoms with Crippen molar-refractivity contribution in [3.8, 4) is 22.5 Å². The van der Waals surface area contributed by atoms with Crippen LogP contribution in [0.25, 0.3) is 33.4 Å². The molecule has 0 aromatic heterocycles. The number of nitrogen functional groups attached to an aromatic ring is 1. The molecule has 2 aliphatic rings. The zero-order valence-corrected chi connectivity index (χ0v) is 25.3. The molecule has 1 aliphatic carbocycles. The van der Waals surface area contributed by atoms with Crippen LogP contribution >= 0.6 is 8.25 Å². The first-order valence-electron chi connectivity index (χ1n) is 12.2. The second-order valence-electron chi connectivity index (χ2n) is 9.28. The zero-order chi connectivity index (χ0) is 34.3. The van der Waals surface area contributed by atoms with Gasteiger partial charge in [-0.15, -0.1) is 0 Å². The monoisotopic (exact) mass is 699 g/mol. The maximum Gasteiger partial charge on any atom is 0.336 e. The molecule has 1 heterocycles. The molecule has 2 unspecified atom stereocenters. The molecule has 11 N–H and O–H groups in total. The Balaban J connectivity index is 2.06. The number of nitrogens with two attached hydrogens (primary N) is 2. The first-order valence-corrected chi connectivity index (χ1v) is 16.4. The van der Waals surface area contributed by atoms with Crippen molar-refractivity contribution in [3.63, 3.8) is 0 Å². The van der Waals surface area contributed by atoms with E-state index in [1.807, 2.05) is 0 Å². The molecule has 0 bridgehead atoms. The van der Waals surface area contributed by atoms with Gasteiger partial charge < -0.3 is 30.0 Å². The van der Waals surface area contributed by atoms with Crippen molar-refractivity contribution >= 4 is 62.9 Å². The minimum Gasteiger partial charge on any atom is -0.478 e. The van der Waals surface area contributed by atoms with Crippen LogP contribution in [-0.4, -0.2) is 66.4 Å². The fourth-order valence-electron chi connectivity index (χ4n) is 4.56. The standard InChI is InChI=1S/C24H22N5O14PS2/c25-14-5-3-11-17(12-4-6-15(26)21(46(39,40)41)19(12)43-18(11)20(14)45(36,37)38)10-2-1-9(7-13(10)24(32)33)22(30)28-16(23(31)29-27)8-42-44(34)35/h1-7,16,25,44H,8,26-27H2,(H,28,30)(H,29,31)(H,32,33)(H,34,35)(H,36,37,38)(H,39,40,41). The van der Waals surface area contributed by atoms with Gasteiger partial charge in [0.25, 0.3) is 32.1 Å². The Morgan fingerprint density at radius 3 is 2.20 bits per heavy atom. The SMILES string of the molecule is N=c1ccc2c(-c3ccc(C(=O)NC(CO[PH](=O)O)C(=O)NN)cc3C(=O)O)c3ccc(N)c(S(=O)(=O)O)c3oc-2c1S(=O)(=O)O. The van der Waals surface area contributed by atoms with E-state index in [4.69, 9.17) is 26.3 Å². The summed E-state index contributed by atoms with van der Waals surface area (Å²) in [5, 5.41) is 19.3. The van der Waals surface area contributed by atoms with Crippen LogP contribution in [0.4, 0.5) is 5.69 Å². The second-order valence-corrected chi connectivity index (χ2v) is 12.8. The number of carbonyl (C=O) groups is 3. The van der Waals surface area contributed by atoms with Gasteiger partial charge in [0.1, 0.15) is 6.04 Å². The fraction of sp³-hybridized carbons (Fsp3) is 0.0833. The van der Waals surface area contributed by atoms with Gasteiger partial charge in [-0.3, -0.25) is 34.1 Å². The Morgan fingerprint density at radius 2 is 1.63 bits per heavy atom. The van der Waals surface area contributed by atoms with Gasteiger partial charge in [0, 0.05) is 22.1 Å². The predicted molar refractivity (Wildman–Crippen MR) is 156 cm³/mol. The molecule has 2 aromatic rings. The number of amides is 2. The van der Waals surface area contributed by atoms with Crippen molar-refractivity contribution in [2.24, 2.45) is 5.84 Å². The van der Waals surface area contributed by atoms with E-state index in [0.29, 0.717) is 0 Å². The van der Waals surface area contributed by atoms with Crippen LogP contribution in [0.5, 0.6) is 0 Å². The fourth-order valence-corrected chi connectivity index (χ4v) is 6.35. The molecular weight excluding hydrogens is 677 g/mol. The largest absolute Gasteiger partial charge is 0.478 e. The first kappa shape index (κ1) is 34.1. The summed E-state index contributed by atoms with van der Waals surface area (Å²) >= 11 is 0. The van der Waals surface area contributed by atoms with Crippen molar-refractivity contribution < 1.29 is 63.8 Å². The molecule has 22 heteroatoms. The Labute approximate surface area is 258 Å². The maximum atomic E-state index is 13.0. The minimum atomic E-state index is -5.24. The maximum absolute atomic E-state index is 13.0. The molecular formula is C24H22N5O14PS2. The summed E-state index contributed by atoms with van der Waals surface area (Å²) in [6.45, 7) is -0.786. The third-order valence-corrected chi connectivity index (χ3v) is 8.70. The molecule has 46 heavy (non-hydrogen) atoms. The third-order valence-electron chi connectivity index (χ3n) is 6.43. The number of hydrogen-bond acceptors (Lipinski definition) is 13. The van der Waals surface area contributed by atoms with Gasteiger partial charge in [-0.2, -0.15) is 16.8 Å². The van der Waals surface area contributed by atoms with E-state index in [2.05, 4.69) is 9.84 Å². The lowest BCUT2D eigenvalue weighted by Gasteiger charge is -2.20. The van der Waals surface area contributed by atoms with Gasteiger partial charge >= 0.3 is 14.2 Å². The molecule has 4 rings (SSSR count). The van der Waals surface area contributed by atoms with Crippen LogP contribution in [0.2, 0.25) is 0 Å². The van der Waals surface area contributed by atoms with Crippen molar-refractivity contribution in [3.05, 3.63) is 58.9 Å². The Bertz CT molecular complexity index is 2220. The summed E-state index contributed by atoms with van der Waals surface area (Å²) in [4.78, 5) is 44.3. The molecule has 0 saturated heterocycles. The highest BCUT2D eigenvalue weighted by Crippen LogP contribution is 2.45. The van der Waals surface area contributed by atoms with E-state index < -0.39 is 96.7 Å². The van der Waals surface area contributed by atoms with Gasteiger partial charge in [0.15, 0.2) is 21.1 Å². The molecule has 2 atom stereocenters. The van der Waals surface area contributed by atoms with Crippen LogP contribution in [0.3, 0.4) is 0 Å². The van der Waals surface area contributed by atoms with Gasteiger partial charge in [-0.1, -0.05) is 6.07 Å². The summed E-state index contributed by atoms with van der Waals surface area (Å²) in [6, 6.07) is 5.65. The van der Waals surface area contributed by atoms with Crippen molar-refractivity contribution in [2.45, 2.75) is 15.8 Å². The Morgan fingerprint density at radius 1 is 1.00 bits per heavy atom.